The molecule has 6 rings (SSSR count). The number of aromatic nitrogens is 6. The van der Waals surface area contributed by atoms with E-state index in [4.69, 9.17) is 0 Å². The van der Waals surface area contributed by atoms with E-state index in [1.165, 1.54) is 0 Å². The maximum absolute atomic E-state index is 4.61. The van der Waals surface area contributed by atoms with Crippen LogP contribution in [0.1, 0.15) is 5.56 Å². The highest BCUT2D eigenvalue weighted by Crippen LogP contribution is 2.34. The molecule has 5 aromatic heterocycles. The smallest absolute Gasteiger partial charge is 0.116 e. The number of hydrogen-bond acceptors (Lipinski definition) is 4. The van der Waals surface area contributed by atoms with Gasteiger partial charge in [0.2, 0.25) is 0 Å². The third-order valence-electron chi connectivity index (χ3n) is 5.51. The molecule has 0 bridgehead atoms. The van der Waals surface area contributed by atoms with Crippen molar-refractivity contribution in [3.63, 3.8) is 0 Å². The standard InChI is InChI=1S/C25H18N6/c1-15-8-17(12-26-11-15)16-5-6-22-19(9-16)25(31-30-22)23-10-18-20(13-27-14-24(18)29-23)21-4-2-3-7-28-21/h2-14,29H,1H3,(H,30,31). The molecule has 5 heterocycles. The molecule has 0 saturated carbocycles. The average molecular weight is 402 g/mol. The highest BCUT2D eigenvalue weighted by atomic mass is 15.1. The average Bonchev–Trinajstić information content (AvgIpc) is 3.43. The van der Waals surface area contributed by atoms with Crippen LogP contribution in [0.3, 0.4) is 0 Å². The lowest BCUT2D eigenvalue weighted by Crippen LogP contribution is -1.84. The van der Waals surface area contributed by atoms with Crippen LogP contribution >= 0.6 is 0 Å². The first-order valence-electron chi connectivity index (χ1n) is 10.0. The van der Waals surface area contributed by atoms with Crippen LogP contribution in [0.4, 0.5) is 0 Å². The van der Waals surface area contributed by atoms with Crippen LogP contribution < -0.4 is 0 Å². The van der Waals surface area contributed by atoms with Crippen molar-refractivity contribution in [3.05, 3.63) is 85.1 Å². The van der Waals surface area contributed by atoms with Crippen molar-refractivity contribution in [2.75, 3.05) is 0 Å². The molecule has 0 fully saturated rings. The minimum Gasteiger partial charge on any atom is -0.352 e. The number of H-pyrrole nitrogens is 2. The Morgan fingerprint density at radius 3 is 2.58 bits per heavy atom. The second kappa shape index (κ2) is 6.88. The number of pyridine rings is 3. The predicted octanol–water partition coefficient (Wildman–Crippen LogP) is 5.54. The van der Waals surface area contributed by atoms with Gasteiger partial charge in [0.25, 0.3) is 0 Å². The molecule has 6 aromatic rings. The Morgan fingerprint density at radius 2 is 1.71 bits per heavy atom. The molecule has 6 nitrogen and oxygen atoms in total. The number of benzene rings is 1. The molecule has 0 atom stereocenters. The van der Waals surface area contributed by atoms with E-state index in [0.29, 0.717) is 0 Å². The van der Waals surface area contributed by atoms with Gasteiger partial charge in [0.05, 0.1) is 28.6 Å². The SMILES string of the molecule is Cc1cncc(-c2ccc3[nH]nc(-c4cc5c(-c6ccccn6)cncc5[nH]4)c3c2)c1. The van der Waals surface area contributed by atoms with Crippen molar-refractivity contribution in [3.8, 4) is 33.8 Å². The number of aryl methyl sites for hydroxylation is 1. The van der Waals surface area contributed by atoms with E-state index in [2.05, 4.69) is 67.4 Å². The van der Waals surface area contributed by atoms with E-state index < -0.39 is 0 Å². The highest BCUT2D eigenvalue weighted by molar-refractivity contribution is 6.01. The normalized spacial score (nSPS) is 11.4. The largest absolute Gasteiger partial charge is 0.352 e. The van der Waals surface area contributed by atoms with Crippen molar-refractivity contribution in [2.24, 2.45) is 0 Å². The van der Waals surface area contributed by atoms with E-state index in [1.807, 2.05) is 43.0 Å². The minimum atomic E-state index is 0.876. The maximum atomic E-state index is 4.61. The summed E-state index contributed by atoms with van der Waals surface area (Å²) in [5.41, 5.74) is 8.97. The van der Waals surface area contributed by atoms with E-state index >= 15 is 0 Å². The number of rotatable bonds is 3. The van der Waals surface area contributed by atoms with Gasteiger partial charge < -0.3 is 4.98 Å². The first kappa shape index (κ1) is 17.5. The summed E-state index contributed by atoms with van der Waals surface area (Å²) in [4.78, 5) is 16.7. The monoisotopic (exact) mass is 402 g/mol. The van der Waals surface area contributed by atoms with Crippen molar-refractivity contribution in [1.29, 1.82) is 0 Å². The fourth-order valence-electron chi connectivity index (χ4n) is 4.02. The zero-order valence-corrected chi connectivity index (χ0v) is 16.8. The van der Waals surface area contributed by atoms with E-state index in [1.54, 1.807) is 6.20 Å². The Kier molecular flexibility index (Phi) is 3.89. The lowest BCUT2D eigenvalue weighted by molar-refractivity contribution is 1.12. The Hall–Kier alpha value is -4.32. The van der Waals surface area contributed by atoms with Gasteiger partial charge in [-0.3, -0.25) is 20.1 Å². The maximum Gasteiger partial charge on any atom is 0.116 e. The fraction of sp³-hybridized carbons (Fsp3) is 0.0400. The van der Waals surface area contributed by atoms with E-state index in [0.717, 1.165) is 61.1 Å². The molecule has 1 aromatic carbocycles. The Labute approximate surface area is 178 Å². The predicted molar refractivity (Wildman–Crippen MR) is 122 cm³/mol. The second-order valence-electron chi connectivity index (χ2n) is 7.63. The zero-order valence-electron chi connectivity index (χ0n) is 16.8. The van der Waals surface area contributed by atoms with Gasteiger partial charge in [0, 0.05) is 46.7 Å². The zero-order chi connectivity index (χ0) is 20.8. The molecular weight excluding hydrogens is 384 g/mol. The van der Waals surface area contributed by atoms with Crippen LogP contribution in [0.15, 0.2) is 79.5 Å². The van der Waals surface area contributed by atoms with Crippen molar-refractivity contribution < 1.29 is 0 Å². The van der Waals surface area contributed by atoms with Crippen LogP contribution in [-0.4, -0.2) is 30.1 Å². The summed E-state index contributed by atoms with van der Waals surface area (Å²) in [5.74, 6) is 0. The molecule has 0 unspecified atom stereocenters. The third kappa shape index (κ3) is 2.97. The number of nitrogens with zero attached hydrogens (tertiary/aromatic N) is 4. The quantitative estimate of drug-likeness (QED) is 0.407. The first-order valence-corrected chi connectivity index (χ1v) is 10.0. The molecule has 0 aliphatic rings. The Morgan fingerprint density at radius 1 is 0.774 bits per heavy atom. The molecule has 0 spiro atoms. The van der Waals surface area contributed by atoms with Crippen LogP contribution in [0.25, 0.3) is 55.6 Å². The van der Waals surface area contributed by atoms with Gasteiger partial charge in [0.1, 0.15) is 5.69 Å². The summed E-state index contributed by atoms with van der Waals surface area (Å²) in [6.07, 6.45) is 9.24. The number of fused-ring (bicyclic) bond motifs is 2. The van der Waals surface area contributed by atoms with Crippen LogP contribution in [0, 0.1) is 6.92 Å². The van der Waals surface area contributed by atoms with Gasteiger partial charge in [-0.1, -0.05) is 12.1 Å². The summed E-state index contributed by atoms with van der Waals surface area (Å²) in [6, 6.07) is 16.5. The molecule has 6 heteroatoms. The van der Waals surface area contributed by atoms with Gasteiger partial charge in [-0.2, -0.15) is 5.10 Å². The summed E-state index contributed by atoms with van der Waals surface area (Å²) in [6.45, 7) is 2.05. The van der Waals surface area contributed by atoms with Gasteiger partial charge in [-0.15, -0.1) is 0 Å². The molecule has 31 heavy (non-hydrogen) atoms. The van der Waals surface area contributed by atoms with Crippen molar-refractivity contribution in [1.82, 2.24) is 30.1 Å². The minimum absolute atomic E-state index is 0.876. The lowest BCUT2D eigenvalue weighted by Gasteiger charge is -2.03. The first-order chi connectivity index (χ1) is 15.3. The molecule has 0 radical (unpaired) electrons. The van der Waals surface area contributed by atoms with Crippen molar-refractivity contribution in [2.45, 2.75) is 6.92 Å². The molecule has 0 aliphatic carbocycles. The topological polar surface area (TPSA) is 83.1 Å². The van der Waals surface area contributed by atoms with Gasteiger partial charge in [0.15, 0.2) is 0 Å². The van der Waals surface area contributed by atoms with Gasteiger partial charge in [-0.25, -0.2) is 0 Å². The second-order valence-corrected chi connectivity index (χ2v) is 7.63. The molecule has 2 N–H and O–H groups in total. The van der Waals surface area contributed by atoms with Crippen LogP contribution in [-0.2, 0) is 0 Å². The van der Waals surface area contributed by atoms with E-state index in [9.17, 15) is 0 Å². The molecule has 148 valence electrons. The molecular formula is C25H18N6. The van der Waals surface area contributed by atoms with Gasteiger partial charge >= 0.3 is 0 Å². The summed E-state index contributed by atoms with van der Waals surface area (Å²) in [7, 11) is 0. The molecule has 0 amide bonds. The lowest BCUT2D eigenvalue weighted by atomic mass is 10.0. The molecule has 0 aliphatic heterocycles. The Balaban J connectivity index is 1.51. The third-order valence-corrected chi connectivity index (χ3v) is 5.51. The number of aromatic amines is 2. The Bertz CT molecular complexity index is 1550. The summed E-state index contributed by atoms with van der Waals surface area (Å²) in [5, 5.41) is 9.88. The summed E-state index contributed by atoms with van der Waals surface area (Å²) < 4.78 is 0. The van der Waals surface area contributed by atoms with Crippen LogP contribution in [0.2, 0.25) is 0 Å². The number of hydrogen-bond donors (Lipinski definition) is 2. The number of nitrogens with one attached hydrogen (secondary N) is 2. The highest BCUT2D eigenvalue weighted by Gasteiger charge is 2.15. The van der Waals surface area contributed by atoms with Gasteiger partial charge in [-0.05, 0) is 54.4 Å². The van der Waals surface area contributed by atoms with E-state index in [-0.39, 0.29) is 0 Å². The van der Waals surface area contributed by atoms with Crippen LogP contribution in [0.5, 0.6) is 0 Å². The fourth-order valence-corrected chi connectivity index (χ4v) is 4.02. The summed E-state index contributed by atoms with van der Waals surface area (Å²) >= 11 is 0. The molecule has 0 saturated heterocycles. The van der Waals surface area contributed by atoms with Crippen molar-refractivity contribution >= 4 is 21.8 Å².